The third-order valence-corrected chi connectivity index (χ3v) is 5.72. The van der Waals surface area contributed by atoms with Gasteiger partial charge in [-0.1, -0.05) is 68.4 Å². The molecular weight excluding hydrogens is 368 g/mol. The molecule has 0 radical (unpaired) electrons. The maximum Gasteiger partial charge on any atom is 0.0707 e. The average molecular weight is 405 g/mol. The summed E-state index contributed by atoms with van der Waals surface area (Å²) < 4.78 is 2.34. The van der Waals surface area contributed by atoms with Crippen LogP contribution in [0.2, 0.25) is 0 Å². The van der Waals surface area contributed by atoms with Gasteiger partial charge in [-0.15, -0.1) is 0 Å². The lowest BCUT2D eigenvalue weighted by Crippen LogP contribution is -2.35. The van der Waals surface area contributed by atoms with Crippen LogP contribution < -0.4 is 0 Å². The van der Waals surface area contributed by atoms with Crippen molar-refractivity contribution in [3.05, 3.63) is 95.3 Å². The van der Waals surface area contributed by atoms with Gasteiger partial charge in [-0.2, -0.15) is 0 Å². The van der Waals surface area contributed by atoms with Gasteiger partial charge in [-0.05, 0) is 61.1 Å². The van der Waals surface area contributed by atoms with E-state index in [0.29, 0.717) is 18.9 Å². The Balaban J connectivity index is 1.67. The van der Waals surface area contributed by atoms with E-state index in [1.807, 2.05) is 18.2 Å². The minimum absolute atomic E-state index is 0.362. The quantitative estimate of drug-likeness (QED) is 0.470. The first-order valence-corrected chi connectivity index (χ1v) is 11.1. The smallest absolute Gasteiger partial charge is 0.0707 e. The van der Waals surface area contributed by atoms with Crippen molar-refractivity contribution in [3.63, 3.8) is 0 Å². The van der Waals surface area contributed by atoms with Crippen LogP contribution in [0.5, 0.6) is 0 Å². The van der Waals surface area contributed by atoms with Crippen molar-refractivity contribution in [2.24, 2.45) is 5.92 Å². The summed E-state index contributed by atoms with van der Waals surface area (Å²) in [6.07, 6.45) is 3.64. The summed E-state index contributed by atoms with van der Waals surface area (Å²) in [5, 5.41) is 10.8. The lowest BCUT2D eigenvalue weighted by molar-refractivity contribution is 0.104. The van der Waals surface area contributed by atoms with Crippen molar-refractivity contribution < 1.29 is 5.11 Å². The van der Waals surface area contributed by atoms with Gasteiger partial charge in [-0.25, -0.2) is 0 Å². The number of aryl methyl sites for hydroxylation is 1. The Bertz CT molecular complexity index is 885. The molecule has 3 heteroatoms. The maximum absolute atomic E-state index is 10.8. The van der Waals surface area contributed by atoms with Gasteiger partial charge < -0.3 is 9.67 Å². The summed E-state index contributed by atoms with van der Waals surface area (Å²) >= 11 is 0. The van der Waals surface area contributed by atoms with Crippen molar-refractivity contribution in [1.29, 1.82) is 0 Å². The van der Waals surface area contributed by atoms with Crippen LogP contribution in [0.4, 0.5) is 0 Å². The van der Waals surface area contributed by atoms with Crippen molar-refractivity contribution in [2.75, 3.05) is 13.1 Å². The molecule has 1 atom stereocenters. The molecule has 0 fully saturated rings. The Labute approximate surface area is 182 Å². The van der Waals surface area contributed by atoms with Gasteiger partial charge in [0.05, 0.1) is 6.10 Å². The molecule has 0 aliphatic heterocycles. The first-order chi connectivity index (χ1) is 14.5. The highest BCUT2D eigenvalue weighted by atomic mass is 16.3. The topological polar surface area (TPSA) is 28.4 Å². The van der Waals surface area contributed by atoms with E-state index in [1.165, 1.54) is 22.4 Å². The Morgan fingerprint density at radius 2 is 1.67 bits per heavy atom. The molecule has 0 aliphatic carbocycles. The van der Waals surface area contributed by atoms with E-state index in [9.17, 15) is 5.11 Å². The summed E-state index contributed by atoms with van der Waals surface area (Å²) in [5.74, 6) is 0.650. The SMILES string of the molecule is Cc1ccccc1Cn1cccc1CN(CCC(C)C)C[C@H](O)Cc1ccccc1. The van der Waals surface area contributed by atoms with Crippen LogP contribution in [0.15, 0.2) is 72.9 Å². The summed E-state index contributed by atoms with van der Waals surface area (Å²) in [7, 11) is 0. The highest BCUT2D eigenvalue weighted by molar-refractivity contribution is 5.26. The zero-order chi connectivity index (χ0) is 21.3. The molecule has 2 aromatic carbocycles. The fraction of sp³-hybridized carbons (Fsp3) is 0.407. The molecule has 0 unspecified atom stereocenters. The number of aliphatic hydroxyl groups excluding tert-OH is 1. The van der Waals surface area contributed by atoms with E-state index in [0.717, 1.165) is 26.1 Å². The van der Waals surface area contributed by atoms with Gasteiger partial charge in [0, 0.05) is 31.5 Å². The van der Waals surface area contributed by atoms with Crippen LogP contribution >= 0.6 is 0 Å². The van der Waals surface area contributed by atoms with E-state index in [-0.39, 0.29) is 6.10 Å². The molecular formula is C27H36N2O. The number of hydrogen-bond donors (Lipinski definition) is 1. The number of aliphatic hydroxyl groups is 1. The maximum atomic E-state index is 10.8. The molecule has 0 aliphatic rings. The zero-order valence-corrected chi connectivity index (χ0v) is 18.7. The number of rotatable bonds is 11. The number of aromatic nitrogens is 1. The van der Waals surface area contributed by atoms with Crippen LogP contribution in [-0.4, -0.2) is 33.8 Å². The second-order valence-electron chi connectivity index (χ2n) is 8.82. The van der Waals surface area contributed by atoms with Gasteiger partial charge in [0.1, 0.15) is 0 Å². The Morgan fingerprint density at radius 1 is 0.933 bits per heavy atom. The normalized spacial score (nSPS) is 12.6. The molecule has 30 heavy (non-hydrogen) atoms. The standard InChI is InChI=1S/C27H36N2O/c1-22(2)15-17-28(21-27(30)18-24-11-5-4-6-12-24)20-26-14-9-16-29(26)19-25-13-8-7-10-23(25)3/h4-14,16,22,27,30H,15,17-21H2,1-3H3/t27-/m1/s1. The fourth-order valence-electron chi connectivity index (χ4n) is 3.87. The highest BCUT2D eigenvalue weighted by Gasteiger charge is 2.15. The third kappa shape index (κ3) is 6.86. The fourth-order valence-corrected chi connectivity index (χ4v) is 3.87. The van der Waals surface area contributed by atoms with Gasteiger partial charge in [-0.3, -0.25) is 4.90 Å². The largest absolute Gasteiger partial charge is 0.391 e. The minimum atomic E-state index is -0.362. The molecule has 0 saturated carbocycles. The number of nitrogens with zero attached hydrogens (tertiary/aromatic N) is 2. The molecule has 1 aromatic heterocycles. The Morgan fingerprint density at radius 3 is 2.40 bits per heavy atom. The van der Waals surface area contributed by atoms with Gasteiger partial charge in [0.15, 0.2) is 0 Å². The highest BCUT2D eigenvalue weighted by Crippen LogP contribution is 2.15. The number of hydrogen-bond acceptors (Lipinski definition) is 2. The molecule has 3 aromatic rings. The Hall–Kier alpha value is -2.36. The van der Waals surface area contributed by atoms with E-state index in [2.05, 4.69) is 85.0 Å². The molecule has 3 nitrogen and oxygen atoms in total. The van der Waals surface area contributed by atoms with E-state index < -0.39 is 0 Å². The zero-order valence-electron chi connectivity index (χ0n) is 18.7. The summed E-state index contributed by atoms with van der Waals surface area (Å²) in [5.41, 5.74) is 5.17. The van der Waals surface area contributed by atoms with Crippen molar-refractivity contribution in [1.82, 2.24) is 9.47 Å². The van der Waals surface area contributed by atoms with Crippen molar-refractivity contribution in [2.45, 2.75) is 52.8 Å². The predicted molar refractivity (Wildman–Crippen MR) is 126 cm³/mol. The molecule has 1 heterocycles. The first-order valence-electron chi connectivity index (χ1n) is 11.1. The summed E-state index contributed by atoms with van der Waals surface area (Å²) in [4.78, 5) is 2.41. The lowest BCUT2D eigenvalue weighted by atomic mass is 10.1. The predicted octanol–water partition coefficient (Wildman–Crippen LogP) is 5.30. The second kappa shape index (κ2) is 11.1. The minimum Gasteiger partial charge on any atom is -0.391 e. The number of benzene rings is 2. The van der Waals surface area contributed by atoms with Crippen LogP contribution in [-0.2, 0) is 19.5 Å². The van der Waals surface area contributed by atoms with E-state index >= 15 is 0 Å². The average Bonchev–Trinajstić information content (AvgIpc) is 3.15. The molecule has 1 N–H and O–H groups in total. The summed E-state index contributed by atoms with van der Waals surface area (Å²) in [6.45, 7) is 10.1. The van der Waals surface area contributed by atoms with Gasteiger partial charge in [0.2, 0.25) is 0 Å². The van der Waals surface area contributed by atoms with Crippen LogP contribution in [0.25, 0.3) is 0 Å². The van der Waals surface area contributed by atoms with E-state index in [4.69, 9.17) is 0 Å². The van der Waals surface area contributed by atoms with Crippen molar-refractivity contribution >= 4 is 0 Å². The van der Waals surface area contributed by atoms with Gasteiger partial charge in [0.25, 0.3) is 0 Å². The van der Waals surface area contributed by atoms with Crippen LogP contribution in [0, 0.1) is 12.8 Å². The molecule has 0 spiro atoms. The van der Waals surface area contributed by atoms with Gasteiger partial charge >= 0.3 is 0 Å². The summed E-state index contributed by atoms with van der Waals surface area (Å²) in [6, 6.07) is 23.2. The Kier molecular flexibility index (Phi) is 8.30. The molecule has 0 saturated heterocycles. The van der Waals surface area contributed by atoms with Crippen LogP contribution in [0.1, 0.15) is 42.7 Å². The monoisotopic (exact) mass is 404 g/mol. The van der Waals surface area contributed by atoms with E-state index in [1.54, 1.807) is 0 Å². The first kappa shape index (κ1) is 22.3. The molecule has 3 rings (SSSR count). The van der Waals surface area contributed by atoms with Crippen molar-refractivity contribution in [3.8, 4) is 0 Å². The molecule has 0 amide bonds. The molecule has 160 valence electrons. The molecule has 0 bridgehead atoms. The third-order valence-electron chi connectivity index (χ3n) is 5.72. The lowest BCUT2D eigenvalue weighted by Gasteiger charge is -2.26. The van der Waals surface area contributed by atoms with Crippen LogP contribution in [0.3, 0.4) is 0 Å². The second-order valence-corrected chi connectivity index (χ2v) is 8.82.